The Bertz CT molecular complexity index is 989. The highest BCUT2D eigenvalue weighted by molar-refractivity contribution is 7.86. The van der Waals surface area contributed by atoms with Crippen LogP contribution in [0.5, 0.6) is 0 Å². The summed E-state index contributed by atoms with van der Waals surface area (Å²) in [5.41, 5.74) is 0.887. The monoisotopic (exact) mass is 418 g/mol. The fourth-order valence-electron chi connectivity index (χ4n) is 2.50. The number of rotatable bonds is 6. The van der Waals surface area contributed by atoms with E-state index >= 15 is 0 Å². The zero-order valence-electron chi connectivity index (χ0n) is 15.1. The summed E-state index contributed by atoms with van der Waals surface area (Å²) < 4.78 is 52.9. The zero-order chi connectivity index (χ0) is 20.9. The first-order chi connectivity index (χ1) is 13.8. The quantitative estimate of drug-likeness (QED) is 0.606. The molecule has 3 aromatic carbocycles. The first kappa shape index (κ1) is 20.6. The van der Waals surface area contributed by atoms with Crippen molar-refractivity contribution in [2.45, 2.75) is 17.6 Å². The number of hydrogen-bond donors (Lipinski definition) is 2. The number of carbonyl (C=O) groups excluding carboxylic acids is 1. The lowest BCUT2D eigenvalue weighted by Gasteiger charge is -2.09. The molecule has 0 saturated carbocycles. The second-order valence-corrected chi connectivity index (χ2v) is 7.35. The maximum Gasteiger partial charge on any atom is 0.416 e. The van der Waals surface area contributed by atoms with Gasteiger partial charge >= 0.3 is 6.18 Å². The number of hydrogen-bond acceptors (Lipinski definition) is 2. The number of anilines is 1. The van der Waals surface area contributed by atoms with Crippen LogP contribution in [-0.2, 0) is 23.7 Å². The molecule has 0 bridgehead atoms. The lowest BCUT2D eigenvalue weighted by atomic mass is 10.1. The van der Waals surface area contributed by atoms with E-state index in [9.17, 15) is 22.2 Å². The van der Waals surface area contributed by atoms with Crippen LogP contribution in [0.15, 0.2) is 83.8 Å². The van der Waals surface area contributed by atoms with Gasteiger partial charge in [-0.05, 0) is 54.1 Å². The second-order valence-electron chi connectivity index (χ2n) is 6.14. The third-order valence-electron chi connectivity index (χ3n) is 4.05. The van der Waals surface area contributed by atoms with Crippen molar-refractivity contribution in [3.8, 4) is 0 Å². The molecule has 1 atom stereocenters. The first-order valence-corrected chi connectivity index (χ1v) is 9.76. The Balaban J connectivity index is 1.57. The van der Waals surface area contributed by atoms with Crippen LogP contribution in [0, 0.1) is 0 Å². The molecule has 0 aliphatic carbocycles. The van der Waals surface area contributed by atoms with E-state index in [0.29, 0.717) is 21.7 Å². The average molecular weight is 418 g/mol. The molecule has 150 valence electrons. The summed E-state index contributed by atoms with van der Waals surface area (Å²) in [5, 5.41) is 2.65. The van der Waals surface area contributed by atoms with Gasteiger partial charge < -0.3 is 10.0 Å². The molecule has 4 nitrogen and oxygen atoms in total. The molecule has 0 heterocycles. The molecule has 0 aromatic heterocycles. The molecule has 8 heteroatoms. The highest BCUT2D eigenvalue weighted by Crippen LogP contribution is 2.29. The van der Waals surface area contributed by atoms with Gasteiger partial charge in [-0.25, -0.2) is 4.21 Å². The molecule has 3 rings (SSSR count). The SMILES string of the molecule is O=C(NCc1ccc(C(F)(F)F)cc1)c1ccc(S(=O)Nc2ccccc2)cc1. The maximum absolute atomic E-state index is 12.6. The maximum atomic E-state index is 12.6. The average Bonchev–Trinajstić information content (AvgIpc) is 2.72. The Morgan fingerprint density at radius 1 is 0.862 bits per heavy atom. The number of carbonyl (C=O) groups is 1. The van der Waals surface area contributed by atoms with Gasteiger partial charge in [0.25, 0.3) is 5.91 Å². The predicted molar refractivity (Wildman–Crippen MR) is 106 cm³/mol. The van der Waals surface area contributed by atoms with Crippen LogP contribution >= 0.6 is 0 Å². The van der Waals surface area contributed by atoms with Gasteiger partial charge in [0.05, 0.1) is 10.5 Å². The largest absolute Gasteiger partial charge is 0.416 e. The summed E-state index contributed by atoms with van der Waals surface area (Å²) >= 11 is 0. The van der Waals surface area contributed by atoms with Crippen LogP contribution in [0.4, 0.5) is 18.9 Å². The minimum absolute atomic E-state index is 0.0974. The smallest absolute Gasteiger partial charge is 0.348 e. The normalized spacial score (nSPS) is 12.2. The van der Waals surface area contributed by atoms with Gasteiger partial charge in [-0.3, -0.25) is 4.79 Å². The third kappa shape index (κ3) is 5.68. The van der Waals surface area contributed by atoms with Crippen molar-refractivity contribution in [3.63, 3.8) is 0 Å². The molecule has 2 N–H and O–H groups in total. The fourth-order valence-corrected chi connectivity index (χ4v) is 3.35. The number of benzene rings is 3. The zero-order valence-corrected chi connectivity index (χ0v) is 15.9. The number of alkyl halides is 3. The van der Waals surface area contributed by atoms with Crippen LogP contribution in [0.1, 0.15) is 21.5 Å². The molecular weight excluding hydrogens is 401 g/mol. The van der Waals surface area contributed by atoms with Crippen LogP contribution in [0.25, 0.3) is 0 Å². The van der Waals surface area contributed by atoms with Crippen molar-refractivity contribution in [1.29, 1.82) is 0 Å². The van der Waals surface area contributed by atoms with Crippen molar-refractivity contribution in [1.82, 2.24) is 5.32 Å². The topological polar surface area (TPSA) is 58.2 Å². The number of amides is 1. The van der Waals surface area contributed by atoms with Crippen molar-refractivity contribution >= 4 is 22.6 Å². The summed E-state index contributed by atoms with van der Waals surface area (Å²) in [5.74, 6) is -0.377. The minimum Gasteiger partial charge on any atom is -0.348 e. The Hall–Kier alpha value is -3.13. The van der Waals surface area contributed by atoms with E-state index in [2.05, 4.69) is 10.0 Å². The molecule has 0 radical (unpaired) electrons. The molecule has 0 spiro atoms. The molecule has 0 saturated heterocycles. The van der Waals surface area contributed by atoms with Crippen LogP contribution in [-0.4, -0.2) is 10.1 Å². The Morgan fingerprint density at radius 2 is 1.48 bits per heavy atom. The van der Waals surface area contributed by atoms with Crippen molar-refractivity contribution in [2.24, 2.45) is 0 Å². The molecule has 0 aliphatic rings. The highest BCUT2D eigenvalue weighted by Gasteiger charge is 2.29. The van der Waals surface area contributed by atoms with E-state index in [1.165, 1.54) is 12.1 Å². The lowest BCUT2D eigenvalue weighted by Crippen LogP contribution is -2.22. The van der Waals surface area contributed by atoms with Crippen molar-refractivity contribution in [2.75, 3.05) is 4.72 Å². The van der Waals surface area contributed by atoms with E-state index in [1.54, 1.807) is 36.4 Å². The molecule has 29 heavy (non-hydrogen) atoms. The van der Waals surface area contributed by atoms with Crippen molar-refractivity contribution < 1.29 is 22.2 Å². The second kappa shape index (κ2) is 8.91. The van der Waals surface area contributed by atoms with E-state index in [-0.39, 0.29) is 12.5 Å². The van der Waals surface area contributed by atoms with Gasteiger partial charge in [0, 0.05) is 17.8 Å². The third-order valence-corrected chi connectivity index (χ3v) is 5.17. The van der Waals surface area contributed by atoms with E-state index in [0.717, 1.165) is 12.1 Å². The summed E-state index contributed by atoms with van der Waals surface area (Å²) in [6.45, 7) is 0.0974. The molecule has 1 amide bonds. The molecule has 1 unspecified atom stereocenters. The molecule has 0 aliphatic heterocycles. The predicted octanol–water partition coefficient (Wildman–Crippen LogP) is 4.77. The Morgan fingerprint density at radius 3 is 2.07 bits per heavy atom. The lowest BCUT2D eigenvalue weighted by molar-refractivity contribution is -0.137. The molecular formula is C21H17F3N2O2S. The fraction of sp³-hybridized carbons (Fsp3) is 0.0952. The van der Waals surface area contributed by atoms with Crippen LogP contribution in [0.2, 0.25) is 0 Å². The molecule has 0 fully saturated rings. The molecule has 3 aromatic rings. The highest BCUT2D eigenvalue weighted by atomic mass is 32.2. The number of halogens is 3. The number of para-hydroxylation sites is 1. The van der Waals surface area contributed by atoms with Crippen LogP contribution < -0.4 is 10.0 Å². The Labute approximate surface area is 168 Å². The van der Waals surface area contributed by atoms with Gasteiger partial charge in [0.1, 0.15) is 11.0 Å². The first-order valence-electron chi connectivity index (χ1n) is 8.61. The van der Waals surface area contributed by atoms with E-state index in [1.807, 2.05) is 18.2 Å². The van der Waals surface area contributed by atoms with Gasteiger partial charge in [-0.1, -0.05) is 30.3 Å². The summed E-state index contributed by atoms with van der Waals surface area (Å²) in [4.78, 5) is 12.7. The van der Waals surface area contributed by atoms with Gasteiger partial charge in [0.2, 0.25) is 0 Å². The van der Waals surface area contributed by atoms with E-state index < -0.39 is 22.7 Å². The summed E-state index contributed by atoms with van der Waals surface area (Å²) in [6.07, 6.45) is -4.39. The summed E-state index contributed by atoms with van der Waals surface area (Å²) in [6, 6.07) is 19.9. The summed E-state index contributed by atoms with van der Waals surface area (Å²) in [7, 11) is -1.47. The van der Waals surface area contributed by atoms with Gasteiger partial charge in [-0.15, -0.1) is 0 Å². The minimum atomic E-state index is -4.39. The number of nitrogens with one attached hydrogen (secondary N) is 2. The Kier molecular flexibility index (Phi) is 6.33. The van der Waals surface area contributed by atoms with E-state index in [4.69, 9.17) is 0 Å². The van der Waals surface area contributed by atoms with Crippen molar-refractivity contribution in [3.05, 3.63) is 95.6 Å². The van der Waals surface area contributed by atoms with Crippen LogP contribution in [0.3, 0.4) is 0 Å². The standard InChI is InChI=1S/C21H17F3N2O2S/c22-21(23,24)17-10-6-15(7-11-17)14-25-20(27)16-8-12-19(13-9-16)29(28)26-18-4-2-1-3-5-18/h1-13,26H,14H2,(H,25,27). The van der Waals surface area contributed by atoms with Gasteiger partial charge in [-0.2, -0.15) is 13.2 Å². The van der Waals surface area contributed by atoms with Gasteiger partial charge in [0.15, 0.2) is 0 Å².